The Bertz CT molecular complexity index is 946. The summed E-state index contributed by atoms with van der Waals surface area (Å²) in [5.41, 5.74) is 2.63. The lowest BCUT2D eigenvalue weighted by Crippen LogP contribution is -2.42. The van der Waals surface area contributed by atoms with Crippen LogP contribution < -0.4 is 9.64 Å². The molecule has 1 aromatic carbocycles. The number of benzene rings is 1. The van der Waals surface area contributed by atoms with Crippen LogP contribution in [-0.2, 0) is 11.2 Å². The van der Waals surface area contributed by atoms with E-state index in [1.807, 2.05) is 38.1 Å². The van der Waals surface area contributed by atoms with Crippen molar-refractivity contribution in [3.05, 3.63) is 41.7 Å². The zero-order valence-corrected chi connectivity index (χ0v) is 17.2. The molecule has 1 aromatic heterocycles. The molecule has 30 heavy (non-hydrogen) atoms. The quantitative estimate of drug-likeness (QED) is 0.767. The number of carbonyl (C=O) groups excluding carboxylic acids is 1. The van der Waals surface area contributed by atoms with Gasteiger partial charge in [0.2, 0.25) is 5.88 Å². The summed E-state index contributed by atoms with van der Waals surface area (Å²) < 4.78 is 11.5. The fraction of sp³-hybridized carbons (Fsp3) is 0.455. The molecule has 2 aliphatic rings. The first-order valence-corrected chi connectivity index (χ1v) is 10.3. The summed E-state index contributed by atoms with van der Waals surface area (Å²) >= 11 is 0. The van der Waals surface area contributed by atoms with Crippen molar-refractivity contribution in [1.29, 1.82) is 5.26 Å². The Morgan fingerprint density at radius 1 is 1.17 bits per heavy atom. The second kappa shape index (κ2) is 8.57. The molecule has 0 saturated carbocycles. The second-order valence-electron chi connectivity index (χ2n) is 7.78. The molecule has 4 rings (SSSR count). The van der Waals surface area contributed by atoms with Crippen molar-refractivity contribution in [2.75, 3.05) is 24.5 Å². The molecule has 3 heterocycles. The minimum Gasteiger partial charge on any atom is -0.474 e. The van der Waals surface area contributed by atoms with Crippen molar-refractivity contribution in [3.8, 4) is 11.9 Å². The normalized spacial score (nSPS) is 16.3. The van der Waals surface area contributed by atoms with Crippen LogP contribution in [0.1, 0.15) is 37.8 Å². The van der Waals surface area contributed by atoms with Crippen LogP contribution >= 0.6 is 0 Å². The molecule has 0 spiro atoms. The van der Waals surface area contributed by atoms with Gasteiger partial charge in [0.25, 0.3) is 0 Å². The van der Waals surface area contributed by atoms with E-state index in [1.165, 1.54) is 6.33 Å². The van der Waals surface area contributed by atoms with Crippen molar-refractivity contribution in [2.45, 2.75) is 45.3 Å². The number of hydrogen-bond donors (Lipinski definition) is 0. The molecule has 2 aromatic rings. The first-order chi connectivity index (χ1) is 14.5. The molecule has 0 bridgehead atoms. The minimum absolute atomic E-state index is 0.0102. The lowest BCUT2D eigenvalue weighted by Gasteiger charge is -2.32. The number of piperidine rings is 1. The van der Waals surface area contributed by atoms with E-state index in [9.17, 15) is 4.79 Å². The number of fused-ring (bicyclic) bond motifs is 1. The van der Waals surface area contributed by atoms with Gasteiger partial charge in [0.05, 0.1) is 23.3 Å². The molecule has 0 N–H and O–H groups in total. The summed E-state index contributed by atoms with van der Waals surface area (Å²) in [6.07, 6.45) is 3.45. The zero-order valence-electron chi connectivity index (χ0n) is 17.2. The van der Waals surface area contributed by atoms with Crippen LogP contribution in [0.4, 0.5) is 16.3 Å². The summed E-state index contributed by atoms with van der Waals surface area (Å²) in [5, 5.41) is 9.00. The molecule has 0 aliphatic carbocycles. The third kappa shape index (κ3) is 4.15. The Balaban J connectivity index is 1.42. The van der Waals surface area contributed by atoms with Crippen LogP contribution in [0.5, 0.6) is 5.88 Å². The number of carbonyl (C=O) groups is 1. The summed E-state index contributed by atoms with van der Waals surface area (Å²) in [6, 6.07) is 9.63. The number of nitrogens with zero attached hydrogens (tertiary/aromatic N) is 5. The van der Waals surface area contributed by atoms with Crippen molar-refractivity contribution in [3.63, 3.8) is 0 Å². The van der Waals surface area contributed by atoms with Gasteiger partial charge < -0.3 is 19.3 Å². The number of anilines is 2. The average Bonchev–Trinajstić information content (AvgIpc) is 3.19. The van der Waals surface area contributed by atoms with E-state index in [1.54, 1.807) is 4.90 Å². The van der Waals surface area contributed by atoms with Gasteiger partial charge >= 0.3 is 6.09 Å². The van der Waals surface area contributed by atoms with E-state index >= 15 is 0 Å². The van der Waals surface area contributed by atoms with Crippen LogP contribution in [0.2, 0.25) is 0 Å². The van der Waals surface area contributed by atoms with E-state index in [-0.39, 0.29) is 18.3 Å². The van der Waals surface area contributed by atoms with Crippen LogP contribution in [0, 0.1) is 11.3 Å². The monoisotopic (exact) mass is 407 g/mol. The van der Waals surface area contributed by atoms with E-state index in [0.29, 0.717) is 24.5 Å². The number of ether oxygens (including phenoxy) is 2. The van der Waals surface area contributed by atoms with Crippen molar-refractivity contribution in [2.24, 2.45) is 0 Å². The molecule has 1 saturated heterocycles. The molecular formula is C22H25N5O3. The van der Waals surface area contributed by atoms with Crippen LogP contribution in [0.3, 0.4) is 0 Å². The molecule has 1 fully saturated rings. The van der Waals surface area contributed by atoms with Gasteiger partial charge in [-0.15, -0.1) is 0 Å². The molecular weight excluding hydrogens is 382 g/mol. The van der Waals surface area contributed by atoms with Gasteiger partial charge in [-0.25, -0.2) is 14.8 Å². The van der Waals surface area contributed by atoms with Gasteiger partial charge in [-0.3, -0.25) is 0 Å². The minimum atomic E-state index is -0.260. The summed E-state index contributed by atoms with van der Waals surface area (Å²) in [4.78, 5) is 24.8. The highest BCUT2D eigenvalue weighted by molar-refractivity contribution is 5.69. The molecule has 1 amide bonds. The number of hydrogen-bond acceptors (Lipinski definition) is 7. The van der Waals surface area contributed by atoms with Crippen molar-refractivity contribution >= 4 is 17.6 Å². The smallest absolute Gasteiger partial charge is 0.410 e. The Morgan fingerprint density at radius 3 is 2.57 bits per heavy atom. The van der Waals surface area contributed by atoms with E-state index in [4.69, 9.17) is 14.7 Å². The molecule has 0 radical (unpaired) electrons. The fourth-order valence-electron chi connectivity index (χ4n) is 3.83. The summed E-state index contributed by atoms with van der Waals surface area (Å²) in [7, 11) is 0. The van der Waals surface area contributed by atoms with Crippen LogP contribution in [0.25, 0.3) is 0 Å². The van der Waals surface area contributed by atoms with E-state index < -0.39 is 0 Å². The van der Waals surface area contributed by atoms with Gasteiger partial charge in [-0.2, -0.15) is 5.26 Å². The van der Waals surface area contributed by atoms with Gasteiger partial charge in [-0.1, -0.05) is 0 Å². The van der Waals surface area contributed by atoms with E-state index in [2.05, 4.69) is 20.9 Å². The number of aromatic nitrogens is 2. The maximum absolute atomic E-state index is 12.1. The molecule has 156 valence electrons. The molecule has 2 aliphatic heterocycles. The third-order valence-electron chi connectivity index (χ3n) is 5.35. The van der Waals surface area contributed by atoms with E-state index in [0.717, 1.165) is 42.9 Å². The lowest BCUT2D eigenvalue weighted by molar-refractivity contribution is 0.0505. The van der Waals surface area contributed by atoms with Crippen LogP contribution in [-0.4, -0.2) is 52.8 Å². The first-order valence-electron chi connectivity index (χ1n) is 10.3. The Hall–Kier alpha value is -3.34. The second-order valence-corrected chi connectivity index (χ2v) is 7.78. The van der Waals surface area contributed by atoms with Crippen molar-refractivity contribution in [1.82, 2.24) is 14.9 Å². The lowest BCUT2D eigenvalue weighted by atomic mass is 10.1. The molecule has 0 unspecified atom stereocenters. The Labute approximate surface area is 176 Å². The number of nitriles is 1. The molecule has 0 atom stereocenters. The van der Waals surface area contributed by atoms with Crippen LogP contribution in [0.15, 0.2) is 30.6 Å². The predicted molar refractivity (Wildman–Crippen MR) is 111 cm³/mol. The summed E-state index contributed by atoms with van der Waals surface area (Å²) in [5.74, 6) is 1.47. The number of rotatable bonds is 4. The highest BCUT2D eigenvalue weighted by Crippen LogP contribution is 2.37. The maximum atomic E-state index is 12.1. The first kappa shape index (κ1) is 20.0. The zero-order chi connectivity index (χ0) is 21.1. The maximum Gasteiger partial charge on any atom is 0.410 e. The van der Waals surface area contributed by atoms with Gasteiger partial charge in [0, 0.05) is 38.2 Å². The average molecular weight is 407 g/mol. The fourth-order valence-corrected chi connectivity index (χ4v) is 3.83. The predicted octanol–water partition coefficient (Wildman–Crippen LogP) is 3.43. The number of amides is 1. The summed E-state index contributed by atoms with van der Waals surface area (Å²) in [6.45, 7) is 5.72. The van der Waals surface area contributed by atoms with Gasteiger partial charge in [-0.05, 0) is 44.5 Å². The standard InChI is InChI=1S/C22H25N5O3/c1-15(2)29-22(28)26-10-7-18(8-11-26)30-21-19-9-12-27(20(19)24-14-25-21)17-5-3-16(13-23)4-6-17/h3-6,14-15,18H,7-12H2,1-2H3. The van der Waals surface area contributed by atoms with Gasteiger partial charge in [0.15, 0.2) is 0 Å². The molecule has 8 heteroatoms. The Morgan fingerprint density at radius 2 is 1.90 bits per heavy atom. The molecule has 8 nitrogen and oxygen atoms in total. The Kier molecular flexibility index (Phi) is 5.70. The third-order valence-corrected chi connectivity index (χ3v) is 5.35. The van der Waals surface area contributed by atoms with Crippen molar-refractivity contribution < 1.29 is 14.3 Å². The topological polar surface area (TPSA) is 91.6 Å². The largest absolute Gasteiger partial charge is 0.474 e. The number of likely N-dealkylation sites (tertiary alicyclic amines) is 1. The van der Waals surface area contributed by atoms with Gasteiger partial charge in [0.1, 0.15) is 18.2 Å². The SMILES string of the molecule is CC(C)OC(=O)N1CCC(Oc2ncnc3c2CCN3c2ccc(C#N)cc2)CC1. The highest BCUT2D eigenvalue weighted by Gasteiger charge is 2.30. The highest BCUT2D eigenvalue weighted by atomic mass is 16.6.